The highest BCUT2D eigenvalue weighted by atomic mass is 35.5. The Morgan fingerprint density at radius 1 is 1.42 bits per heavy atom. The molecule has 1 unspecified atom stereocenters. The summed E-state index contributed by atoms with van der Waals surface area (Å²) in [6.45, 7) is 5.37. The summed E-state index contributed by atoms with van der Waals surface area (Å²) >= 11 is 5.97. The van der Waals surface area contributed by atoms with Crippen LogP contribution in [0, 0.1) is 0 Å². The third-order valence-electron chi connectivity index (χ3n) is 3.91. The minimum absolute atomic E-state index is 0.131. The molecule has 0 aromatic heterocycles. The summed E-state index contributed by atoms with van der Waals surface area (Å²) in [5.41, 5.74) is 0.565. The summed E-state index contributed by atoms with van der Waals surface area (Å²) in [4.78, 5) is 0. The van der Waals surface area contributed by atoms with E-state index in [4.69, 9.17) is 16.3 Å². The fourth-order valence-electron chi connectivity index (χ4n) is 2.37. The summed E-state index contributed by atoms with van der Waals surface area (Å²) in [7, 11) is 0. The van der Waals surface area contributed by atoms with Crippen molar-refractivity contribution in [2.75, 3.05) is 13.1 Å². The van der Waals surface area contributed by atoms with E-state index in [-0.39, 0.29) is 6.10 Å². The second-order valence-electron chi connectivity index (χ2n) is 5.26. The first kappa shape index (κ1) is 14.6. The Morgan fingerprint density at radius 3 is 2.84 bits per heavy atom. The van der Waals surface area contributed by atoms with Crippen LogP contribution < -0.4 is 10.1 Å². The minimum Gasteiger partial charge on any atom is -0.488 e. The molecule has 3 nitrogen and oxygen atoms in total. The van der Waals surface area contributed by atoms with E-state index < -0.39 is 5.60 Å². The number of hydrogen-bond donors (Lipinski definition) is 2. The van der Waals surface area contributed by atoms with E-state index in [1.807, 2.05) is 32.0 Å². The van der Waals surface area contributed by atoms with Gasteiger partial charge in [-0.3, -0.25) is 0 Å². The van der Waals surface area contributed by atoms with Gasteiger partial charge in [0.05, 0.1) is 5.60 Å². The number of rotatable bonds is 6. The average Bonchev–Trinajstić information content (AvgIpc) is 2.80. The zero-order chi connectivity index (χ0) is 13.9. The lowest BCUT2D eigenvalue weighted by molar-refractivity contribution is 0.0306. The number of fused-ring (bicyclic) bond motifs is 1. The van der Waals surface area contributed by atoms with Crippen molar-refractivity contribution in [3.63, 3.8) is 0 Å². The van der Waals surface area contributed by atoms with Crippen molar-refractivity contribution in [3.05, 3.63) is 28.8 Å². The molecule has 1 aliphatic heterocycles. The predicted octanol–water partition coefficient (Wildman–Crippen LogP) is 2.78. The van der Waals surface area contributed by atoms with Crippen LogP contribution in [-0.4, -0.2) is 29.9 Å². The molecular weight excluding hydrogens is 262 g/mol. The third-order valence-corrected chi connectivity index (χ3v) is 4.14. The Labute approximate surface area is 119 Å². The SMILES string of the molecule is CCC(O)(CC)CNCC1Cc2cc(Cl)ccc2O1. The van der Waals surface area contributed by atoms with Crippen molar-refractivity contribution in [2.24, 2.45) is 0 Å². The van der Waals surface area contributed by atoms with E-state index in [0.29, 0.717) is 6.54 Å². The Hall–Kier alpha value is -0.770. The number of nitrogens with one attached hydrogen (secondary N) is 1. The van der Waals surface area contributed by atoms with Crippen molar-refractivity contribution >= 4 is 11.6 Å². The number of aliphatic hydroxyl groups is 1. The van der Waals surface area contributed by atoms with Crippen LogP contribution in [-0.2, 0) is 6.42 Å². The van der Waals surface area contributed by atoms with E-state index in [1.54, 1.807) is 0 Å². The topological polar surface area (TPSA) is 41.5 Å². The Bertz CT molecular complexity index is 432. The average molecular weight is 284 g/mol. The minimum atomic E-state index is -0.602. The lowest BCUT2D eigenvalue weighted by Crippen LogP contribution is -2.42. The van der Waals surface area contributed by atoms with Gasteiger partial charge < -0.3 is 15.2 Å². The van der Waals surface area contributed by atoms with Crippen molar-refractivity contribution in [3.8, 4) is 5.75 Å². The number of ether oxygens (including phenoxy) is 1. The number of hydrogen-bond acceptors (Lipinski definition) is 3. The van der Waals surface area contributed by atoms with Crippen LogP contribution in [0.1, 0.15) is 32.3 Å². The maximum Gasteiger partial charge on any atom is 0.123 e. The van der Waals surface area contributed by atoms with Gasteiger partial charge in [-0.2, -0.15) is 0 Å². The maximum absolute atomic E-state index is 10.2. The van der Waals surface area contributed by atoms with Crippen LogP contribution in [0.2, 0.25) is 5.02 Å². The molecule has 0 spiro atoms. The van der Waals surface area contributed by atoms with E-state index in [2.05, 4.69) is 5.32 Å². The largest absolute Gasteiger partial charge is 0.488 e. The van der Waals surface area contributed by atoms with Gasteiger partial charge >= 0.3 is 0 Å². The normalized spacial score (nSPS) is 18.2. The zero-order valence-corrected chi connectivity index (χ0v) is 12.3. The maximum atomic E-state index is 10.2. The highest BCUT2D eigenvalue weighted by molar-refractivity contribution is 6.30. The van der Waals surface area contributed by atoms with E-state index >= 15 is 0 Å². The predicted molar refractivity (Wildman–Crippen MR) is 78.0 cm³/mol. The molecule has 0 fully saturated rings. The fourth-order valence-corrected chi connectivity index (χ4v) is 2.56. The first-order chi connectivity index (χ1) is 9.06. The van der Waals surface area contributed by atoms with Crippen LogP contribution in [0.5, 0.6) is 5.75 Å². The fraction of sp³-hybridized carbons (Fsp3) is 0.600. The molecule has 2 N–H and O–H groups in total. The third kappa shape index (κ3) is 3.62. The molecule has 0 saturated heterocycles. The molecule has 1 heterocycles. The Balaban J connectivity index is 1.81. The summed E-state index contributed by atoms with van der Waals surface area (Å²) in [5, 5.41) is 14.3. The molecule has 0 aliphatic carbocycles. The molecule has 2 rings (SSSR count). The van der Waals surface area contributed by atoms with Gasteiger partial charge in [0.1, 0.15) is 11.9 Å². The van der Waals surface area contributed by atoms with Gasteiger partial charge in [-0.15, -0.1) is 0 Å². The van der Waals surface area contributed by atoms with Crippen LogP contribution in [0.15, 0.2) is 18.2 Å². The summed E-state index contributed by atoms with van der Waals surface area (Å²) in [6, 6.07) is 5.74. The molecule has 106 valence electrons. The van der Waals surface area contributed by atoms with Gasteiger partial charge in [0, 0.05) is 24.5 Å². The molecule has 1 aromatic rings. The quantitative estimate of drug-likeness (QED) is 0.843. The lowest BCUT2D eigenvalue weighted by atomic mass is 9.97. The highest BCUT2D eigenvalue weighted by Crippen LogP contribution is 2.30. The summed E-state index contributed by atoms with van der Waals surface area (Å²) in [5.74, 6) is 0.928. The lowest BCUT2D eigenvalue weighted by Gasteiger charge is -2.26. The van der Waals surface area contributed by atoms with Crippen molar-refractivity contribution < 1.29 is 9.84 Å². The van der Waals surface area contributed by atoms with Crippen LogP contribution in [0.3, 0.4) is 0 Å². The molecule has 0 bridgehead atoms. The van der Waals surface area contributed by atoms with Gasteiger partial charge in [-0.25, -0.2) is 0 Å². The standard InChI is InChI=1S/C15H22ClNO2/c1-3-15(18,4-2)10-17-9-13-8-11-7-12(16)5-6-14(11)19-13/h5-7,13,17-18H,3-4,8-10H2,1-2H3. The van der Waals surface area contributed by atoms with Crippen molar-refractivity contribution in [2.45, 2.75) is 44.8 Å². The summed E-state index contributed by atoms with van der Waals surface area (Å²) in [6.07, 6.45) is 2.53. The van der Waals surface area contributed by atoms with Gasteiger partial charge in [0.15, 0.2) is 0 Å². The first-order valence-electron chi connectivity index (χ1n) is 6.94. The van der Waals surface area contributed by atoms with Gasteiger partial charge in [0.2, 0.25) is 0 Å². The Kier molecular flexibility index (Phi) is 4.71. The van der Waals surface area contributed by atoms with Crippen molar-refractivity contribution in [1.29, 1.82) is 0 Å². The number of halogens is 1. The van der Waals surface area contributed by atoms with E-state index in [0.717, 1.165) is 36.6 Å². The summed E-state index contributed by atoms with van der Waals surface area (Å²) < 4.78 is 5.84. The van der Waals surface area contributed by atoms with Gasteiger partial charge in [-0.1, -0.05) is 25.4 Å². The molecule has 1 aliphatic rings. The van der Waals surface area contributed by atoms with Crippen LogP contribution >= 0.6 is 11.6 Å². The molecule has 4 heteroatoms. The smallest absolute Gasteiger partial charge is 0.123 e. The second kappa shape index (κ2) is 6.12. The van der Waals surface area contributed by atoms with Crippen molar-refractivity contribution in [1.82, 2.24) is 5.32 Å². The zero-order valence-electron chi connectivity index (χ0n) is 11.6. The van der Waals surface area contributed by atoms with Gasteiger partial charge in [-0.05, 0) is 36.6 Å². The highest BCUT2D eigenvalue weighted by Gasteiger charge is 2.25. The van der Waals surface area contributed by atoms with Crippen LogP contribution in [0.25, 0.3) is 0 Å². The molecule has 0 amide bonds. The molecule has 19 heavy (non-hydrogen) atoms. The molecule has 1 aromatic carbocycles. The van der Waals surface area contributed by atoms with E-state index in [9.17, 15) is 5.11 Å². The van der Waals surface area contributed by atoms with E-state index in [1.165, 1.54) is 5.56 Å². The first-order valence-corrected chi connectivity index (χ1v) is 7.32. The number of benzene rings is 1. The second-order valence-corrected chi connectivity index (χ2v) is 5.69. The molecular formula is C15H22ClNO2. The molecule has 0 saturated carbocycles. The van der Waals surface area contributed by atoms with Crippen LogP contribution in [0.4, 0.5) is 0 Å². The Morgan fingerprint density at radius 2 is 2.16 bits per heavy atom. The van der Waals surface area contributed by atoms with Gasteiger partial charge in [0.25, 0.3) is 0 Å². The molecule has 0 radical (unpaired) electrons. The monoisotopic (exact) mass is 283 g/mol. The molecule has 1 atom stereocenters.